The average Bonchev–Trinajstić information content (AvgIpc) is 2.89. The van der Waals surface area contributed by atoms with Crippen molar-refractivity contribution in [1.82, 2.24) is 5.43 Å². The molecule has 1 N–H and O–H groups in total. The molecular formula is C26H24Cl2N2O7. The first kappa shape index (κ1) is 27.6. The first-order valence-electron chi connectivity index (χ1n) is 11.0. The van der Waals surface area contributed by atoms with Crippen LogP contribution in [-0.4, -0.2) is 45.5 Å². The molecule has 0 aliphatic rings. The van der Waals surface area contributed by atoms with Crippen LogP contribution in [0.4, 0.5) is 0 Å². The molecule has 0 aliphatic carbocycles. The third-order valence-electron chi connectivity index (χ3n) is 4.75. The van der Waals surface area contributed by atoms with Gasteiger partial charge in [-0.3, -0.25) is 4.79 Å². The molecule has 0 aliphatic heterocycles. The Labute approximate surface area is 223 Å². The molecule has 1 amide bonds. The van der Waals surface area contributed by atoms with Gasteiger partial charge in [0.2, 0.25) is 0 Å². The molecule has 194 valence electrons. The Hall–Kier alpha value is -3.95. The van der Waals surface area contributed by atoms with E-state index in [1.54, 1.807) is 49.4 Å². The number of hydrazone groups is 1. The molecule has 0 spiro atoms. The Balaban J connectivity index is 1.63. The van der Waals surface area contributed by atoms with E-state index in [0.717, 1.165) is 0 Å². The number of hydrogen-bond acceptors (Lipinski definition) is 8. The molecule has 9 nitrogen and oxygen atoms in total. The summed E-state index contributed by atoms with van der Waals surface area (Å²) in [5.74, 6) is 0.666. The minimum absolute atomic E-state index is 0.219. The highest BCUT2D eigenvalue weighted by molar-refractivity contribution is 6.35. The number of carbonyl (C=O) groups excluding carboxylic acids is 2. The fourth-order valence-electron chi connectivity index (χ4n) is 3.03. The summed E-state index contributed by atoms with van der Waals surface area (Å²) in [5.41, 5.74) is 3.23. The molecule has 0 bridgehead atoms. The van der Waals surface area contributed by atoms with Gasteiger partial charge in [0.1, 0.15) is 5.75 Å². The van der Waals surface area contributed by atoms with E-state index >= 15 is 0 Å². The van der Waals surface area contributed by atoms with E-state index in [4.69, 9.17) is 46.9 Å². The molecule has 11 heteroatoms. The van der Waals surface area contributed by atoms with Gasteiger partial charge in [-0.1, -0.05) is 23.2 Å². The van der Waals surface area contributed by atoms with E-state index in [0.29, 0.717) is 45.2 Å². The normalized spacial score (nSPS) is 10.6. The number of ether oxygens (including phenoxy) is 5. The van der Waals surface area contributed by atoms with Gasteiger partial charge in [0, 0.05) is 5.02 Å². The second-order valence-electron chi connectivity index (χ2n) is 7.26. The number of hydrogen-bond donors (Lipinski definition) is 1. The van der Waals surface area contributed by atoms with Crippen LogP contribution in [0.25, 0.3) is 0 Å². The van der Waals surface area contributed by atoms with Crippen molar-refractivity contribution in [2.24, 2.45) is 5.10 Å². The largest absolute Gasteiger partial charge is 0.493 e. The second kappa shape index (κ2) is 13.4. The van der Waals surface area contributed by atoms with Gasteiger partial charge in [-0.15, -0.1) is 0 Å². The van der Waals surface area contributed by atoms with Gasteiger partial charge in [-0.05, 0) is 67.1 Å². The van der Waals surface area contributed by atoms with Crippen molar-refractivity contribution >= 4 is 41.3 Å². The van der Waals surface area contributed by atoms with Crippen LogP contribution >= 0.6 is 23.2 Å². The first-order chi connectivity index (χ1) is 17.8. The van der Waals surface area contributed by atoms with Gasteiger partial charge in [-0.2, -0.15) is 5.10 Å². The summed E-state index contributed by atoms with van der Waals surface area (Å²) in [7, 11) is 2.98. The molecule has 3 aromatic carbocycles. The summed E-state index contributed by atoms with van der Waals surface area (Å²) in [6.07, 6.45) is 1.41. The summed E-state index contributed by atoms with van der Waals surface area (Å²) in [4.78, 5) is 24.7. The Morgan fingerprint density at radius 1 is 0.865 bits per heavy atom. The number of rotatable bonds is 11. The lowest BCUT2D eigenvalue weighted by atomic mass is 10.2. The van der Waals surface area contributed by atoms with Crippen LogP contribution in [0, 0.1) is 0 Å². The Bertz CT molecular complexity index is 1300. The molecule has 0 aromatic heterocycles. The predicted molar refractivity (Wildman–Crippen MR) is 140 cm³/mol. The molecule has 37 heavy (non-hydrogen) atoms. The Morgan fingerprint density at radius 3 is 2.30 bits per heavy atom. The standard InChI is InChI=1S/C26H24Cl2N2O7/c1-4-35-24-11-16(14-29-30-25(31)15-36-20-10-7-18(27)13-19(20)28)5-8-22(24)37-26(32)17-6-9-21(33-2)23(12-17)34-3/h5-14H,4,15H2,1-3H3,(H,30,31)/b29-14+. The van der Waals surface area contributed by atoms with Gasteiger partial charge in [0.25, 0.3) is 5.91 Å². The topological polar surface area (TPSA) is 105 Å². The van der Waals surface area contributed by atoms with E-state index in [1.165, 1.54) is 32.6 Å². The van der Waals surface area contributed by atoms with Gasteiger partial charge >= 0.3 is 5.97 Å². The number of benzene rings is 3. The fourth-order valence-corrected chi connectivity index (χ4v) is 3.49. The van der Waals surface area contributed by atoms with E-state index in [-0.39, 0.29) is 17.9 Å². The molecule has 0 atom stereocenters. The molecule has 0 saturated heterocycles. The average molecular weight is 547 g/mol. The Morgan fingerprint density at radius 2 is 1.59 bits per heavy atom. The summed E-state index contributed by atoms with van der Waals surface area (Å²) in [6.45, 7) is 1.84. The number of amides is 1. The lowest BCUT2D eigenvalue weighted by Gasteiger charge is -2.12. The number of methoxy groups -OCH3 is 2. The molecule has 0 saturated carbocycles. The summed E-state index contributed by atoms with van der Waals surface area (Å²) < 4.78 is 26.9. The monoisotopic (exact) mass is 546 g/mol. The highest BCUT2D eigenvalue weighted by Crippen LogP contribution is 2.31. The quantitative estimate of drug-likeness (QED) is 0.153. The van der Waals surface area contributed by atoms with Crippen molar-refractivity contribution in [3.63, 3.8) is 0 Å². The van der Waals surface area contributed by atoms with E-state index in [9.17, 15) is 9.59 Å². The number of nitrogens with zero attached hydrogens (tertiary/aromatic N) is 1. The fraction of sp³-hybridized carbons (Fsp3) is 0.192. The van der Waals surface area contributed by atoms with Crippen molar-refractivity contribution in [2.75, 3.05) is 27.4 Å². The van der Waals surface area contributed by atoms with Gasteiger partial charge in [-0.25, -0.2) is 10.2 Å². The van der Waals surface area contributed by atoms with Crippen LogP contribution in [0.2, 0.25) is 10.0 Å². The predicted octanol–water partition coefficient (Wildman–Crippen LogP) is 5.16. The molecule has 0 radical (unpaired) electrons. The zero-order valence-corrected chi connectivity index (χ0v) is 21.8. The van der Waals surface area contributed by atoms with Crippen LogP contribution in [0.15, 0.2) is 59.7 Å². The van der Waals surface area contributed by atoms with E-state index in [2.05, 4.69) is 10.5 Å². The van der Waals surface area contributed by atoms with E-state index in [1.807, 2.05) is 0 Å². The van der Waals surface area contributed by atoms with Gasteiger partial charge in [0.05, 0.1) is 37.6 Å². The van der Waals surface area contributed by atoms with Crippen LogP contribution in [0.3, 0.4) is 0 Å². The third-order valence-corrected chi connectivity index (χ3v) is 5.28. The van der Waals surface area contributed by atoms with Crippen molar-refractivity contribution in [2.45, 2.75) is 6.92 Å². The molecule has 3 aromatic rings. The van der Waals surface area contributed by atoms with Gasteiger partial charge in [0.15, 0.2) is 29.6 Å². The van der Waals surface area contributed by atoms with E-state index < -0.39 is 11.9 Å². The highest BCUT2D eigenvalue weighted by atomic mass is 35.5. The molecule has 3 rings (SSSR count). The molecule has 0 fully saturated rings. The number of carbonyl (C=O) groups is 2. The summed E-state index contributed by atoms with van der Waals surface area (Å²) in [6, 6.07) is 14.2. The number of esters is 1. The maximum Gasteiger partial charge on any atom is 0.343 e. The van der Waals surface area contributed by atoms with Crippen molar-refractivity contribution in [1.29, 1.82) is 0 Å². The zero-order valence-electron chi connectivity index (χ0n) is 20.2. The van der Waals surface area contributed by atoms with Crippen LogP contribution in [0.1, 0.15) is 22.8 Å². The Kier molecular flexibility index (Phi) is 10.00. The first-order valence-corrected chi connectivity index (χ1v) is 11.7. The third kappa shape index (κ3) is 7.77. The second-order valence-corrected chi connectivity index (χ2v) is 8.10. The smallest absolute Gasteiger partial charge is 0.343 e. The van der Waals surface area contributed by atoms with Crippen molar-refractivity contribution < 1.29 is 33.3 Å². The van der Waals surface area contributed by atoms with Crippen LogP contribution in [-0.2, 0) is 4.79 Å². The highest BCUT2D eigenvalue weighted by Gasteiger charge is 2.16. The van der Waals surface area contributed by atoms with Crippen molar-refractivity contribution in [3.05, 3.63) is 75.8 Å². The molecule has 0 heterocycles. The zero-order chi connectivity index (χ0) is 26.8. The maximum absolute atomic E-state index is 12.7. The minimum Gasteiger partial charge on any atom is -0.493 e. The van der Waals surface area contributed by atoms with Crippen LogP contribution in [0.5, 0.6) is 28.7 Å². The van der Waals surface area contributed by atoms with Gasteiger partial charge < -0.3 is 23.7 Å². The SMILES string of the molecule is CCOc1cc(/C=N/NC(=O)COc2ccc(Cl)cc2Cl)ccc1OC(=O)c1ccc(OC)c(OC)c1. The van der Waals surface area contributed by atoms with Crippen LogP contribution < -0.4 is 29.1 Å². The molecular weight excluding hydrogens is 523 g/mol. The lowest BCUT2D eigenvalue weighted by Crippen LogP contribution is -2.24. The lowest BCUT2D eigenvalue weighted by molar-refractivity contribution is -0.123. The number of halogens is 2. The summed E-state index contributed by atoms with van der Waals surface area (Å²) in [5, 5.41) is 4.67. The van der Waals surface area contributed by atoms with Crippen molar-refractivity contribution in [3.8, 4) is 28.7 Å². The molecule has 0 unspecified atom stereocenters. The summed E-state index contributed by atoms with van der Waals surface area (Å²) >= 11 is 11.9. The minimum atomic E-state index is -0.601. The number of nitrogens with one attached hydrogen (secondary N) is 1. The maximum atomic E-state index is 12.7.